The van der Waals surface area contributed by atoms with E-state index in [2.05, 4.69) is 21.7 Å². The summed E-state index contributed by atoms with van der Waals surface area (Å²) in [4.78, 5) is 22.0. The van der Waals surface area contributed by atoms with Crippen LogP contribution in [-0.2, 0) is 18.6 Å². The SMILES string of the molecule is C=C1N=C(N)N=CN1[C@H]1C[C@@H](O)[C@@H](COP(=O)(N[C@H](C(=O)OC)C(C)C)Oc2ccccc2)S1. The fraction of sp³-hybridized carbons (Fsp3) is 0.476. The monoisotopic (exact) mass is 511 g/mol. The van der Waals surface area contributed by atoms with Crippen molar-refractivity contribution in [1.82, 2.24) is 9.99 Å². The van der Waals surface area contributed by atoms with Gasteiger partial charge in [-0.05, 0) is 18.1 Å². The molecule has 0 spiro atoms. The van der Waals surface area contributed by atoms with Gasteiger partial charge in [-0.3, -0.25) is 9.32 Å². The molecule has 0 saturated carbocycles. The minimum absolute atomic E-state index is 0.103. The highest BCUT2D eigenvalue weighted by atomic mass is 32.2. The highest BCUT2D eigenvalue weighted by Crippen LogP contribution is 2.47. The molecular formula is C21H30N5O6PS. The number of carbonyl (C=O) groups is 1. The molecule has 0 aromatic heterocycles. The Balaban J connectivity index is 1.72. The summed E-state index contributed by atoms with van der Waals surface area (Å²) >= 11 is 1.41. The zero-order valence-electron chi connectivity index (χ0n) is 19.2. The number of thioether (sulfide) groups is 1. The first-order valence-corrected chi connectivity index (χ1v) is 13.1. The summed E-state index contributed by atoms with van der Waals surface area (Å²) in [7, 11) is -2.79. The number of hydrogen-bond acceptors (Lipinski definition) is 11. The lowest BCUT2D eigenvalue weighted by atomic mass is 10.1. The van der Waals surface area contributed by atoms with E-state index >= 15 is 0 Å². The number of nitrogens with two attached hydrogens (primary N) is 1. The lowest BCUT2D eigenvalue weighted by Gasteiger charge is -2.28. The molecule has 0 bridgehead atoms. The van der Waals surface area contributed by atoms with Gasteiger partial charge in [-0.25, -0.2) is 9.56 Å². The van der Waals surface area contributed by atoms with Gasteiger partial charge in [0.15, 0.2) is 0 Å². The van der Waals surface area contributed by atoms with E-state index in [9.17, 15) is 14.5 Å². The molecule has 2 aliphatic heterocycles. The largest absolute Gasteiger partial charge is 0.468 e. The summed E-state index contributed by atoms with van der Waals surface area (Å²) in [6, 6.07) is 7.57. The van der Waals surface area contributed by atoms with Crippen LogP contribution in [0.5, 0.6) is 5.75 Å². The van der Waals surface area contributed by atoms with Gasteiger partial charge in [0, 0.05) is 6.42 Å². The molecule has 3 rings (SSSR count). The second-order valence-electron chi connectivity index (χ2n) is 8.04. The minimum Gasteiger partial charge on any atom is -0.468 e. The van der Waals surface area contributed by atoms with Crippen LogP contribution in [0, 0.1) is 5.92 Å². The smallest absolute Gasteiger partial charge is 0.459 e. The molecule has 34 heavy (non-hydrogen) atoms. The molecule has 1 unspecified atom stereocenters. The van der Waals surface area contributed by atoms with Crippen molar-refractivity contribution in [3.8, 4) is 5.75 Å². The van der Waals surface area contributed by atoms with Gasteiger partial charge in [-0.15, -0.1) is 11.8 Å². The van der Waals surface area contributed by atoms with Gasteiger partial charge in [0.2, 0.25) is 5.96 Å². The molecule has 2 aliphatic rings. The number of para-hydroxylation sites is 1. The van der Waals surface area contributed by atoms with Crippen molar-refractivity contribution >= 4 is 37.8 Å². The maximum atomic E-state index is 13.7. The van der Waals surface area contributed by atoms with Gasteiger partial charge >= 0.3 is 13.7 Å². The zero-order chi connectivity index (χ0) is 24.9. The second-order valence-corrected chi connectivity index (χ2v) is 11.2. The summed E-state index contributed by atoms with van der Waals surface area (Å²) in [5, 5.41) is 12.7. The molecule has 0 radical (unpaired) electrons. The van der Waals surface area contributed by atoms with E-state index in [1.165, 1.54) is 25.2 Å². The van der Waals surface area contributed by atoms with E-state index in [1.807, 2.05) is 0 Å². The number of ether oxygens (including phenoxy) is 1. The van der Waals surface area contributed by atoms with Crippen LogP contribution in [0.4, 0.5) is 0 Å². The molecule has 11 nitrogen and oxygen atoms in total. The maximum Gasteiger partial charge on any atom is 0.459 e. The van der Waals surface area contributed by atoms with Crippen LogP contribution in [0.2, 0.25) is 0 Å². The van der Waals surface area contributed by atoms with Gasteiger partial charge < -0.3 is 25.0 Å². The van der Waals surface area contributed by atoms with E-state index in [1.54, 1.807) is 49.1 Å². The summed E-state index contributed by atoms with van der Waals surface area (Å²) in [5.74, 6) is -0.0126. The highest BCUT2D eigenvalue weighted by Gasteiger charge is 2.41. The molecule has 186 valence electrons. The topological polar surface area (TPSA) is 148 Å². The lowest BCUT2D eigenvalue weighted by Crippen LogP contribution is -2.41. The Morgan fingerprint density at radius 1 is 1.41 bits per heavy atom. The van der Waals surface area contributed by atoms with Crippen molar-refractivity contribution in [2.24, 2.45) is 21.6 Å². The zero-order valence-corrected chi connectivity index (χ0v) is 20.9. The number of methoxy groups -OCH3 is 1. The Morgan fingerprint density at radius 2 is 2.12 bits per heavy atom. The van der Waals surface area contributed by atoms with E-state index in [-0.39, 0.29) is 23.9 Å². The van der Waals surface area contributed by atoms with Crippen LogP contribution < -0.4 is 15.3 Å². The highest BCUT2D eigenvalue weighted by molar-refractivity contribution is 8.00. The average Bonchev–Trinajstić information content (AvgIpc) is 3.16. The number of aliphatic hydroxyl groups is 1. The predicted octanol–water partition coefficient (Wildman–Crippen LogP) is 2.30. The number of benzene rings is 1. The molecule has 1 aromatic rings. The number of hydrogen-bond donors (Lipinski definition) is 3. The Hall–Kier alpha value is -2.37. The number of aliphatic hydroxyl groups excluding tert-OH is 1. The normalized spacial score (nSPS) is 25.1. The number of rotatable bonds is 10. The molecule has 1 saturated heterocycles. The number of carbonyl (C=O) groups excluding carboxylic acids is 1. The molecule has 5 atom stereocenters. The lowest BCUT2D eigenvalue weighted by molar-refractivity contribution is -0.143. The number of aliphatic imine (C=N–C) groups is 2. The van der Waals surface area contributed by atoms with Gasteiger partial charge in [0.25, 0.3) is 0 Å². The molecule has 1 fully saturated rings. The van der Waals surface area contributed by atoms with E-state index in [0.717, 1.165) is 0 Å². The van der Waals surface area contributed by atoms with E-state index in [4.69, 9.17) is 19.5 Å². The third kappa shape index (κ3) is 6.61. The Morgan fingerprint density at radius 3 is 2.74 bits per heavy atom. The van der Waals surface area contributed by atoms with Crippen molar-refractivity contribution in [1.29, 1.82) is 0 Å². The quantitative estimate of drug-likeness (QED) is 0.316. The van der Waals surface area contributed by atoms with Crippen LogP contribution in [0.15, 0.2) is 52.7 Å². The minimum atomic E-state index is -4.04. The van der Waals surface area contributed by atoms with Gasteiger partial charge in [-0.1, -0.05) is 38.6 Å². The average molecular weight is 512 g/mol. The molecule has 13 heteroatoms. The molecule has 0 aliphatic carbocycles. The number of nitrogens with zero attached hydrogens (tertiary/aromatic N) is 3. The van der Waals surface area contributed by atoms with Crippen LogP contribution in [0.3, 0.4) is 0 Å². The molecular weight excluding hydrogens is 481 g/mol. The summed E-state index contributed by atoms with van der Waals surface area (Å²) in [6.45, 7) is 7.33. The van der Waals surface area contributed by atoms with Gasteiger partial charge in [0.1, 0.15) is 24.0 Å². The predicted molar refractivity (Wildman–Crippen MR) is 131 cm³/mol. The Labute approximate surface area is 203 Å². The third-order valence-corrected chi connectivity index (χ3v) is 8.24. The summed E-state index contributed by atoms with van der Waals surface area (Å²) < 4.78 is 30.0. The molecule has 1 aromatic carbocycles. The van der Waals surface area contributed by atoms with Crippen molar-refractivity contribution in [3.05, 3.63) is 42.7 Å². The first kappa shape index (κ1) is 26.2. The third-order valence-electron chi connectivity index (χ3n) is 5.17. The number of esters is 1. The fourth-order valence-corrected chi connectivity index (χ4v) is 6.58. The fourth-order valence-electron chi connectivity index (χ4n) is 3.34. The maximum absolute atomic E-state index is 13.7. The summed E-state index contributed by atoms with van der Waals surface area (Å²) in [6.07, 6.45) is 1.14. The second kappa shape index (κ2) is 11.4. The molecule has 0 amide bonds. The van der Waals surface area contributed by atoms with Crippen molar-refractivity contribution < 1.29 is 28.3 Å². The van der Waals surface area contributed by atoms with Crippen LogP contribution in [0.1, 0.15) is 20.3 Å². The van der Waals surface area contributed by atoms with Gasteiger partial charge in [-0.2, -0.15) is 10.1 Å². The summed E-state index contributed by atoms with van der Waals surface area (Å²) in [5.41, 5.74) is 5.60. The van der Waals surface area contributed by atoms with Crippen LogP contribution in [-0.4, -0.2) is 64.8 Å². The van der Waals surface area contributed by atoms with Crippen molar-refractivity contribution in [2.45, 2.75) is 43.0 Å². The van der Waals surface area contributed by atoms with Gasteiger partial charge in [0.05, 0.1) is 30.4 Å². The molecule has 2 heterocycles. The Kier molecular flexibility index (Phi) is 8.78. The van der Waals surface area contributed by atoms with Crippen LogP contribution >= 0.6 is 19.5 Å². The standard InChI is InChI=1S/C21H30N5O6PS/c1-13(2)19(20(28)30-4)25-33(29,32-15-8-6-5-7-9-15)31-11-17-16(27)10-18(34-17)26-12-23-21(22)24-14(26)3/h5-9,12-13,16-19,27H,3,10-11H2,1-2,4H3,(H2,22,24)(H,25,29)/t16-,17-,18-,19+,33?/m1/s1. The first-order valence-electron chi connectivity index (χ1n) is 10.7. The Bertz CT molecular complexity index is 991. The van der Waals surface area contributed by atoms with Crippen molar-refractivity contribution in [2.75, 3.05) is 13.7 Å². The molecule has 4 N–H and O–H groups in total. The van der Waals surface area contributed by atoms with E-state index < -0.39 is 31.1 Å². The number of nitrogens with one attached hydrogen (secondary N) is 1. The first-order chi connectivity index (χ1) is 16.1. The van der Waals surface area contributed by atoms with E-state index in [0.29, 0.717) is 18.0 Å². The van der Waals surface area contributed by atoms with Crippen LogP contribution in [0.25, 0.3) is 0 Å². The number of guanidine groups is 1. The van der Waals surface area contributed by atoms with Crippen molar-refractivity contribution in [3.63, 3.8) is 0 Å².